The molecule has 0 radical (unpaired) electrons. The third-order valence-corrected chi connectivity index (χ3v) is 12.0. The highest BCUT2D eigenvalue weighted by molar-refractivity contribution is 6.99. The number of benzene rings is 3. The van der Waals surface area contributed by atoms with E-state index in [-0.39, 0.29) is 44.1 Å². The minimum Gasteiger partial charge on any atom is -0.481 e. The standard InChI is InChI=1S/C35H41NO8Si/c1-5-33(39)44-29(23-36-42-25-28-21-19-27(20-22-28)24-41-34(40)18-12-17-32(37)38)26-43-45(35(2,3)4,30-13-8-6-9-14-30)31-15-10-7-11-16-31/h5-11,13-16,19-23,29H,1,12,17-18,24-26H2,2-4H3,(H,37,38)/b36-23+/t29-/m0/s1. The zero-order chi connectivity index (χ0) is 32.7. The molecule has 0 aliphatic carbocycles. The second-order valence-electron chi connectivity index (χ2n) is 11.4. The van der Waals surface area contributed by atoms with Crippen molar-refractivity contribution in [3.8, 4) is 0 Å². The average Bonchev–Trinajstić information content (AvgIpc) is 3.02. The van der Waals surface area contributed by atoms with Gasteiger partial charge in [0.1, 0.15) is 13.2 Å². The molecule has 3 aromatic rings. The Bertz CT molecular complexity index is 1380. The largest absolute Gasteiger partial charge is 0.481 e. The fourth-order valence-electron chi connectivity index (χ4n) is 4.85. The molecule has 0 saturated carbocycles. The summed E-state index contributed by atoms with van der Waals surface area (Å²) in [5, 5.41) is 14.7. The van der Waals surface area contributed by atoms with Crippen molar-refractivity contribution >= 4 is 42.8 Å². The first-order chi connectivity index (χ1) is 21.5. The second-order valence-corrected chi connectivity index (χ2v) is 15.7. The number of oxime groups is 1. The molecule has 0 fully saturated rings. The van der Waals surface area contributed by atoms with Gasteiger partial charge in [0.15, 0.2) is 6.10 Å². The van der Waals surface area contributed by atoms with Gasteiger partial charge in [-0.3, -0.25) is 9.59 Å². The van der Waals surface area contributed by atoms with E-state index in [9.17, 15) is 14.4 Å². The lowest BCUT2D eigenvalue weighted by Gasteiger charge is -2.43. The van der Waals surface area contributed by atoms with E-state index in [1.807, 2.05) is 48.5 Å². The molecule has 0 aliphatic heterocycles. The maximum absolute atomic E-state index is 12.2. The van der Waals surface area contributed by atoms with Crippen molar-refractivity contribution in [1.29, 1.82) is 0 Å². The van der Waals surface area contributed by atoms with Gasteiger partial charge in [-0.25, -0.2) is 4.79 Å². The smallest absolute Gasteiger partial charge is 0.330 e. The Kier molecular flexibility index (Phi) is 13.3. The van der Waals surface area contributed by atoms with Crippen LogP contribution in [0, 0.1) is 0 Å². The lowest BCUT2D eigenvalue weighted by Crippen LogP contribution is -2.67. The number of rotatable bonds is 17. The lowest BCUT2D eigenvalue weighted by atomic mass is 10.1. The number of carboxylic acid groups (broad SMARTS) is 1. The van der Waals surface area contributed by atoms with Crippen LogP contribution in [-0.4, -0.2) is 50.3 Å². The van der Waals surface area contributed by atoms with Gasteiger partial charge in [0.2, 0.25) is 0 Å². The van der Waals surface area contributed by atoms with Gasteiger partial charge in [-0.2, -0.15) is 0 Å². The normalized spacial score (nSPS) is 12.3. The Balaban J connectivity index is 1.66. The number of carbonyl (C=O) groups excluding carboxylic acids is 2. The zero-order valence-electron chi connectivity index (χ0n) is 26.0. The third kappa shape index (κ3) is 10.5. The van der Waals surface area contributed by atoms with Crippen LogP contribution in [0.4, 0.5) is 0 Å². The SMILES string of the molecule is C=CC(=O)O[C@@H](/C=N/OCc1ccc(COC(=O)CCCC(=O)O)cc1)CO[Si](c1ccccc1)(c1ccccc1)C(C)(C)C. The van der Waals surface area contributed by atoms with E-state index in [2.05, 4.69) is 56.8 Å². The van der Waals surface area contributed by atoms with E-state index < -0.39 is 32.3 Å². The van der Waals surface area contributed by atoms with Crippen LogP contribution < -0.4 is 10.4 Å². The van der Waals surface area contributed by atoms with Crippen molar-refractivity contribution in [3.63, 3.8) is 0 Å². The lowest BCUT2D eigenvalue weighted by molar-refractivity contribution is -0.145. The predicted molar refractivity (Wildman–Crippen MR) is 175 cm³/mol. The van der Waals surface area contributed by atoms with E-state index in [4.69, 9.17) is 23.8 Å². The topological polar surface area (TPSA) is 121 Å². The van der Waals surface area contributed by atoms with Crippen LogP contribution in [0.3, 0.4) is 0 Å². The molecule has 10 heteroatoms. The van der Waals surface area contributed by atoms with Crippen LogP contribution in [0.1, 0.15) is 51.2 Å². The first kappa shape index (κ1) is 34.9. The van der Waals surface area contributed by atoms with E-state index >= 15 is 0 Å². The number of hydrogen-bond donors (Lipinski definition) is 1. The molecule has 0 aromatic heterocycles. The van der Waals surface area contributed by atoms with Gasteiger partial charge in [0, 0.05) is 18.9 Å². The van der Waals surface area contributed by atoms with Crippen molar-refractivity contribution < 1.29 is 38.2 Å². The summed E-state index contributed by atoms with van der Waals surface area (Å²) in [5.41, 5.74) is 1.61. The highest BCUT2D eigenvalue weighted by Crippen LogP contribution is 2.36. The van der Waals surface area contributed by atoms with Crippen molar-refractivity contribution in [2.45, 2.75) is 64.4 Å². The first-order valence-corrected chi connectivity index (χ1v) is 16.6. The van der Waals surface area contributed by atoms with Gasteiger partial charge >= 0.3 is 17.9 Å². The molecule has 1 N–H and O–H groups in total. The molecule has 0 aliphatic rings. The molecular formula is C35H41NO8Si. The highest BCUT2D eigenvalue weighted by atomic mass is 28.4. The molecule has 0 unspecified atom stereocenters. The fraction of sp³-hybridized carbons (Fsp3) is 0.314. The quantitative estimate of drug-likeness (QED) is 0.0713. The Hall–Kier alpha value is -4.54. The third-order valence-electron chi connectivity index (χ3n) is 7.04. The van der Waals surface area contributed by atoms with Gasteiger partial charge in [0.25, 0.3) is 8.32 Å². The van der Waals surface area contributed by atoms with Crippen LogP contribution in [-0.2, 0) is 46.3 Å². The summed E-state index contributed by atoms with van der Waals surface area (Å²) in [6.07, 6.45) is 1.91. The maximum Gasteiger partial charge on any atom is 0.330 e. The molecule has 3 aromatic carbocycles. The number of carboxylic acids is 1. The summed E-state index contributed by atoms with van der Waals surface area (Å²) >= 11 is 0. The maximum atomic E-state index is 12.2. The molecule has 0 saturated heterocycles. The number of nitrogens with zero attached hydrogens (tertiary/aromatic N) is 1. The van der Waals surface area contributed by atoms with Crippen molar-refractivity contribution in [2.24, 2.45) is 5.16 Å². The molecule has 1 atom stereocenters. The van der Waals surface area contributed by atoms with Gasteiger partial charge in [-0.15, -0.1) is 0 Å². The molecular weight excluding hydrogens is 590 g/mol. The Labute approximate surface area is 265 Å². The number of hydrogen-bond acceptors (Lipinski definition) is 8. The fourth-order valence-corrected chi connectivity index (χ4v) is 9.42. The monoisotopic (exact) mass is 631 g/mol. The number of aliphatic carboxylic acids is 1. The second kappa shape index (κ2) is 17.1. The minimum atomic E-state index is -2.88. The van der Waals surface area contributed by atoms with Crippen LogP contribution in [0.5, 0.6) is 0 Å². The van der Waals surface area contributed by atoms with Gasteiger partial charge in [-0.05, 0) is 33.0 Å². The minimum absolute atomic E-state index is 0.0578. The highest BCUT2D eigenvalue weighted by Gasteiger charge is 2.50. The van der Waals surface area contributed by atoms with E-state index in [1.165, 1.54) is 6.21 Å². The van der Waals surface area contributed by atoms with Gasteiger partial charge in [-0.1, -0.05) is 117 Å². The van der Waals surface area contributed by atoms with E-state index in [1.54, 1.807) is 12.1 Å². The zero-order valence-corrected chi connectivity index (χ0v) is 27.0. The Morgan fingerprint density at radius 2 is 1.42 bits per heavy atom. The Morgan fingerprint density at radius 1 is 0.867 bits per heavy atom. The summed E-state index contributed by atoms with van der Waals surface area (Å²) in [5.74, 6) is -1.98. The van der Waals surface area contributed by atoms with Gasteiger partial charge < -0.3 is 23.8 Å². The molecule has 45 heavy (non-hydrogen) atoms. The molecule has 238 valence electrons. The van der Waals surface area contributed by atoms with Crippen LogP contribution in [0.25, 0.3) is 0 Å². The Morgan fingerprint density at radius 3 is 1.93 bits per heavy atom. The molecule has 0 spiro atoms. The molecule has 9 nitrogen and oxygen atoms in total. The number of ether oxygens (including phenoxy) is 2. The van der Waals surface area contributed by atoms with Crippen molar-refractivity contribution in [3.05, 3.63) is 109 Å². The molecule has 0 heterocycles. The summed E-state index contributed by atoms with van der Waals surface area (Å²) in [6, 6.07) is 27.6. The number of carbonyl (C=O) groups is 3. The van der Waals surface area contributed by atoms with Crippen LogP contribution >= 0.6 is 0 Å². The number of esters is 2. The van der Waals surface area contributed by atoms with E-state index in [0.717, 1.165) is 27.6 Å². The van der Waals surface area contributed by atoms with Crippen LogP contribution in [0.15, 0.2) is 103 Å². The van der Waals surface area contributed by atoms with Gasteiger partial charge in [0.05, 0.1) is 12.8 Å². The predicted octanol–water partition coefficient (Wildman–Crippen LogP) is 5.16. The van der Waals surface area contributed by atoms with Crippen molar-refractivity contribution in [2.75, 3.05) is 6.61 Å². The van der Waals surface area contributed by atoms with E-state index in [0.29, 0.717) is 0 Å². The first-order valence-electron chi connectivity index (χ1n) is 14.7. The van der Waals surface area contributed by atoms with Crippen molar-refractivity contribution in [1.82, 2.24) is 0 Å². The molecule has 0 amide bonds. The molecule has 0 bridgehead atoms. The van der Waals surface area contributed by atoms with Crippen LogP contribution in [0.2, 0.25) is 5.04 Å². The average molecular weight is 632 g/mol. The summed E-state index contributed by atoms with van der Waals surface area (Å²) in [6.45, 7) is 10.3. The summed E-state index contributed by atoms with van der Waals surface area (Å²) in [7, 11) is -2.88. The summed E-state index contributed by atoms with van der Waals surface area (Å²) < 4.78 is 17.7. The molecule has 3 rings (SSSR count). The summed E-state index contributed by atoms with van der Waals surface area (Å²) in [4.78, 5) is 40.1.